The van der Waals surface area contributed by atoms with Gasteiger partial charge in [-0.25, -0.2) is 4.79 Å². The van der Waals surface area contributed by atoms with Gasteiger partial charge in [-0.05, 0) is 19.8 Å². The lowest BCUT2D eigenvalue weighted by molar-refractivity contribution is -0.129. The Labute approximate surface area is 105 Å². The standard InChI is InChI=1S/C13H26N2O2/c1-8(2)10(11(16)13(5,6)7)15-12(17)14-9(3)4/h8-10H,1-7H3,(H2,14,15,17)/t10-/m0/s1. The number of urea groups is 1. The van der Waals surface area contributed by atoms with Crippen LogP contribution in [0.5, 0.6) is 0 Å². The Hall–Kier alpha value is -1.06. The second kappa shape index (κ2) is 6.03. The van der Waals surface area contributed by atoms with Crippen LogP contribution in [0.1, 0.15) is 48.5 Å². The molecule has 4 heteroatoms. The third kappa shape index (κ3) is 5.71. The van der Waals surface area contributed by atoms with Gasteiger partial charge in [0.25, 0.3) is 0 Å². The Balaban J connectivity index is 4.67. The first-order valence-corrected chi connectivity index (χ1v) is 6.17. The monoisotopic (exact) mass is 242 g/mol. The number of carbonyl (C=O) groups excluding carboxylic acids is 2. The molecular formula is C13H26N2O2. The van der Waals surface area contributed by atoms with Gasteiger partial charge < -0.3 is 10.6 Å². The average Bonchev–Trinajstić information content (AvgIpc) is 2.09. The van der Waals surface area contributed by atoms with E-state index in [0.29, 0.717) is 0 Å². The molecule has 4 nitrogen and oxygen atoms in total. The summed E-state index contributed by atoms with van der Waals surface area (Å²) in [6.45, 7) is 13.2. The molecule has 0 aliphatic carbocycles. The summed E-state index contributed by atoms with van der Waals surface area (Å²) < 4.78 is 0. The van der Waals surface area contributed by atoms with Crippen LogP contribution in [0.25, 0.3) is 0 Å². The topological polar surface area (TPSA) is 58.2 Å². The lowest BCUT2D eigenvalue weighted by Crippen LogP contribution is -2.52. The first-order valence-electron chi connectivity index (χ1n) is 6.17. The van der Waals surface area contributed by atoms with Crippen molar-refractivity contribution in [2.45, 2.75) is 60.5 Å². The van der Waals surface area contributed by atoms with Crippen molar-refractivity contribution in [3.8, 4) is 0 Å². The number of amides is 2. The Morgan fingerprint density at radius 3 is 1.71 bits per heavy atom. The van der Waals surface area contributed by atoms with Crippen molar-refractivity contribution in [3.05, 3.63) is 0 Å². The first kappa shape index (κ1) is 15.9. The van der Waals surface area contributed by atoms with E-state index >= 15 is 0 Å². The molecule has 0 fully saturated rings. The number of Topliss-reactive ketones (excluding diaryl/α,β-unsaturated/α-hetero) is 1. The molecule has 0 aromatic heterocycles. The summed E-state index contributed by atoms with van der Waals surface area (Å²) in [5.41, 5.74) is -0.444. The fraction of sp³-hybridized carbons (Fsp3) is 0.846. The largest absolute Gasteiger partial charge is 0.336 e. The molecule has 0 unspecified atom stereocenters. The maximum absolute atomic E-state index is 12.2. The zero-order valence-electron chi connectivity index (χ0n) is 12.0. The Morgan fingerprint density at radius 1 is 0.941 bits per heavy atom. The molecule has 0 aliphatic heterocycles. The van der Waals surface area contributed by atoms with E-state index in [-0.39, 0.29) is 23.8 Å². The molecular weight excluding hydrogens is 216 g/mol. The molecule has 0 radical (unpaired) electrons. The number of ketones is 1. The van der Waals surface area contributed by atoms with Crippen LogP contribution < -0.4 is 10.6 Å². The van der Waals surface area contributed by atoms with Crippen LogP contribution >= 0.6 is 0 Å². The predicted octanol–water partition coefficient (Wildman–Crippen LogP) is 2.33. The molecule has 2 N–H and O–H groups in total. The maximum atomic E-state index is 12.2. The number of hydrogen-bond acceptors (Lipinski definition) is 2. The minimum atomic E-state index is -0.444. The van der Waals surface area contributed by atoms with Crippen LogP contribution in [0.2, 0.25) is 0 Å². The molecule has 0 saturated heterocycles. The van der Waals surface area contributed by atoms with Crippen LogP contribution in [0.3, 0.4) is 0 Å². The third-order valence-corrected chi connectivity index (χ3v) is 2.39. The highest BCUT2D eigenvalue weighted by atomic mass is 16.2. The molecule has 1 atom stereocenters. The Morgan fingerprint density at radius 2 is 1.41 bits per heavy atom. The third-order valence-electron chi connectivity index (χ3n) is 2.39. The molecule has 0 rings (SSSR count). The lowest BCUT2D eigenvalue weighted by atomic mass is 9.82. The summed E-state index contributed by atoms with van der Waals surface area (Å²) in [5.74, 6) is 0.144. The molecule has 0 aliphatic rings. The summed E-state index contributed by atoms with van der Waals surface area (Å²) in [6, 6.07) is -0.655. The molecule has 0 aromatic rings. The van der Waals surface area contributed by atoms with E-state index in [1.807, 2.05) is 48.5 Å². The quantitative estimate of drug-likeness (QED) is 0.795. The van der Waals surface area contributed by atoms with Gasteiger partial charge in [-0.3, -0.25) is 4.79 Å². The van der Waals surface area contributed by atoms with Gasteiger partial charge >= 0.3 is 6.03 Å². The number of rotatable bonds is 4. The minimum absolute atomic E-state index is 0.0615. The predicted molar refractivity (Wildman–Crippen MR) is 69.9 cm³/mol. The number of nitrogens with one attached hydrogen (secondary N) is 2. The van der Waals surface area contributed by atoms with Gasteiger partial charge in [-0.2, -0.15) is 0 Å². The van der Waals surface area contributed by atoms with Crippen LogP contribution in [0.4, 0.5) is 4.79 Å². The van der Waals surface area contributed by atoms with E-state index in [0.717, 1.165) is 0 Å². The Kier molecular flexibility index (Phi) is 5.66. The molecule has 0 saturated carbocycles. The van der Waals surface area contributed by atoms with Crippen molar-refractivity contribution >= 4 is 11.8 Å². The normalized spacial score (nSPS) is 13.7. The summed E-state index contributed by atoms with van der Waals surface area (Å²) in [6.07, 6.45) is 0. The number of carbonyl (C=O) groups is 2. The Bertz CT molecular complexity index is 278. The molecule has 2 amide bonds. The smallest absolute Gasteiger partial charge is 0.315 e. The van der Waals surface area contributed by atoms with Crippen LogP contribution in [-0.4, -0.2) is 23.9 Å². The highest BCUT2D eigenvalue weighted by Gasteiger charge is 2.32. The van der Waals surface area contributed by atoms with E-state index in [2.05, 4.69) is 10.6 Å². The lowest BCUT2D eigenvalue weighted by Gasteiger charge is -2.28. The molecule has 0 spiro atoms. The summed E-state index contributed by atoms with van der Waals surface area (Å²) in [7, 11) is 0. The van der Waals surface area contributed by atoms with Crippen LogP contribution in [-0.2, 0) is 4.79 Å². The molecule has 0 aromatic carbocycles. The minimum Gasteiger partial charge on any atom is -0.336 e. The summed E-state index contributed by atoms with van der Waals surface area (Å²) in [4.78, 5) is 23.8. The van der Waals surface area contributed by atoms with Crippen molar-refractivity contribution in [1.29, 1.82) is 0 Å². The van der Waals surface area contributed by atoms with Gasteiger partial charge in [-0.1, -0.05) is 34.6 Å². The van der Waals surface area contributed by atoms with Gasteiger partial charge in [0.05, 0.1) is 6.04 Å². The highest BCUT2D eigenvalue weighted by molar-refractivity contribution is 5.92. The van der Waals surface area contributed by atoms with Crippen LogP contribution in [0.15, 0.2) is 0 Å². The zero-order valence-corrected chi connectivity index (χ0v) is 12.0. The van der Waals surface area contributed by atoms with Crippen LogP contribution in [0, 0.1) is 11.3 Å². The van der Waals surface area contributed by atoms with Crippen molar-refractivity contribution in [2.75, 3.05) is 0 Å². The van der Waals surface area contributed by atoms with Crippen molar-refractivity contribution in [1.82, 2.24) is 10.6 Å². The summed E-state index contributed by atoms with van der Waals surface area (Å²) >= 11 is 0. The second-order valence-electron chi connectivity index (χ2n) is 6.11. The fourth-order valence-corrected chi connectivity index (χ4v) is 1.45. The van der Waals surface area contributed by atoms with E-state index in [9.17, 15) is 9.59 Å². The van der Waals surface area contributed by atoms with Crippen molar-refractivity contribution in [3.63, 3.8) is 0 Å². The van der Waals surface area contributed by atoms with Gasteiger partial charge in [0.1, 0.15) is 0 Å². The zero-order chi connectivity index (χ0) is 13.8. The van der Waals surface area contributed by atoms with E-state index in [1.165, 1.54) is 0 Å². The molecule has 100 valence electrons. The average molecular weight is 242 g/mol. The summed E-state index contributed by atoms with van der Waals surface area (Å²) in [5, 5.41) is 5.49. The fourth-order valence-electron chi connectivity index (χ4n) is 1.45. The van der Waals surface area contributed by atoms with Gasteiger partial charge in [0, 0.05) is 11.5 Å². The second-order valence-corrected chi connectivity index (χ2v) is 6.11. The van der Waals surface area contributed by atoms with E-state index < -0.39 is 11.5 Å². The maximum Gasteiger partial charge on any atom is 0.315 e. The SMILES string of the molecule is CC(C)NC(=O)N[C@H](C(=O)C(C)(C)C)C(C)C. The van der Waals surface area contributed by atoms with Gasteiger partial charge in [0.2, 0.25) is 0 Å². The molecule has 0 heterocycles. The number of hydrogen-bond donors (Lipinski definition) is 2. The van der Waals surface area contributed by atoms with Gasteiger partial charge in [-0.15, -0.1) is 0 Å². The van der Waals surface area contributed by atoms with Gasteiger partial charge in [0.15, 0.2) is 5.78 Å². The first-order chi connectivity index (χ1) is 7.55. The molecule has 17 heavy (non-hydrogen) atoms. The highest BCUT2D eigenvalue weighted by Crippen LogP contribution is 2.20. The molecule has 0 bridgehead atoms. The van der Waals surface area contributed by atoms with E-state index in [4.69, 9.17) is 0 Å². The van der Waals surface area contributed by atoms with Crippen molar-refractivity contribution < 1.29 is 9.59 Å². The van der Waals surface area contributed by atoms with E-state index in [1.54, 1.807) is 0 Å². The van der Waals surface area contributed by atoms with Crippen molar-refractivity contribution in [2.24, 2.45) is 11.3 Å².